The molecular formula is C22H39N3O3. The lowest BCUT2D eigenvalue weighted by Gasteiger charge is -2.38. The van der Waals surface area contributed by atoms with Gasteiger partial charge >= 0.3 is 0 Å². The molecule has 0 aromatic rings. The maximum absolute atomic E-state index is 13.1. The van der Waals surface area contributed by atoms with E-state index in [1.54, 1.807) is 4.90 Å². The fraction of sp³-hybridized carbons (Fsp3) is 0.864. The monoisotopic (exact) mass is 393 g/mol. The number of hydrogen-bond acceptors (Lipinski definition) is 3. The van der Waals surface area contributed by atoms with E-state index in [0.717, 1.165) is 38.5 Å². The van der Waals surface area contributed by atoms with Crippen LogP contribution in [0.3, 0.4) is 0 Å². The van der Waals surface area contributed by atoms with Crippen LogP contribution in [0.5, 0.6) is 0 Å². The van der Waals surface area contributed by atoms with E-state index in [1.165, 1.54) is 0 Å². The van der Waals surface area contributed by atoms with Crippen molar-refractivity contribution in [2.24, 2.45) is 17.8 Å². The zero-order valence-corrected chi connectivity index (χ0v) is 18.2. The van der Waals surface area contributed by atoms with Gasteiger partial charge in [0.2, 0.25) is 17.7 Å². The lowest BCUT2D eigenvalue weighted by atomic mass is 9.87. The quantitative estimate of drug-likeness (QED) is 0.689. The van der Waals surface area contributed by atoms with Crippen molar-refractivity contribution in [2.75, 3.05) is 26.2 Å². The third-order valence-corrected chi connectivity index (χ3v) is 6.28. The molecule has 1 saturated carbocycles. The van der Waals surface area contributed by atoms with Crippen LogP contribution in [0.1, 0.15) is 72.6 Å². The van der Waals surface area contributed by atoms with Gasteiger partial charge in [-0.05, 0) is 51.4 Å². The van der Waals surface area contributed by atoms with Gasteiger partial charge in [0.15, 0.2) is 0 Å². The number of carbonyl (C=O) groups is 3. The predicted octanol–water partition coefficient (Wildman–Crippen LogP) is 2.81. The summed E-state index contributed by atoms with van der Waals surface area (Å²) in [5.74, 6) is 0.821. The van der Waals surface area contributed by atoms with E-state index in [9.17, 15) is 14.4 Å². The SMILES string of the molecule is CCN(CC)C(=O)C(NC(=O)CC(C)C)C1CCN(C(=O)C2CCCC2)CC1. The molecular weight excluding hydrogens is 354 g/mol. The number of rotatable bonds is 8. The van der Waals surface area contributed by atoms with Crippen molar-refractivity contribution in [2.45, 2.75) is 78.7 Å². The molecule has 1 aliphatic carbocycles. The van der Waals surface area contributed by atoms with E-state index in [0.29, 0.717) is 38.5 Å². The molecule has 6 nitrogen and oxygen atoms in total. The second-order valence-corrected chi connectivity index (χ2v) is 8.80. The van der Waals surface area contributed by atoms with Crippen molar-refractivity contribution in [1.29, 1.82) is 0 Å². The molecule has 6 heteroatoms. The second-order valence-electron chi connectivity index (χ2n) is 8.80. The molecule has 1 unspecified atom stereocenters. The average molecular weight is 394 g/mol. The minimum absolute atomic E-state index is 0.0164. The van der Waals surface area contributed by atoms with Gasteiger partial charge in [-0.15, -0.1) is 0 Å². The zero-order chi connectivity index (χ0) is 20.7. The molecule has 1 heterocycles. The van der Waals surface area contributed by atoms with Crippen LogP contribution in [0.25, 0.3) is 0 Å². The molecule has 160 valence electrons. The predicted molar refractivity (Wildman–Crippen MR) is 111 cm³/mol. The van der Waals surface area contributed by atoms with Gasteiger partial charge < -0.3 is 15.1 Å². The Hall–Kier alpha value is -1.59. The minimum Gasteiger partial charge on any atom is -0.344 e. The highest BCUT2D eigenvalue weighted by atomic mass is 16.2. The van der Waals surface area contributed by atoms with Crippen LogP contribution in [-0.2, 0) is 14.4 Å². The maximum Gasteiger partial charge on any atom is 0.245 e. The molecule has 0 aromatic heterocycles. The topological polar surface area (TPSA) is 69.7 Å². The Morgan fingerprint density at radius 1 is 1.00 bits per heavy atom. The molecule has 2 rings (SSSR count). The molecule has 0 aromatic carbocycles. The number of nitrogens with one attached hydrogen (secondary N) is 1. The van der Waals surface area contributed by atoms with Crippen LogP contribution < -0.4 is 5.32 Å². The van der Waals surface area contributed by atoms with Crippen LogP contribution in [0.15, 0.2) is 0 Å². The van der Waals surface area contributed by atoms with Gasteiger partial charge in [0, 0.05) is 38.5 Å². The van der Waals surface area contributed by atoms with Crippen LogP contribution >= 0.6 is 0 Å². The normalized spacial score (nSPS) is 19.7. The summed E-state index contributed by atoms with van der Waals surface area (Å²) in [5, 5.41) is 3.03. The summed E-state index contributed by atoms with van der Waals surface area (Å²) in [6, 6.07) is -0.477. The van der Waals surface area contributed by atoms with Gasteiger partial charge in [-0.1, -0.05) is 26.7 Å². The molecule has 28 heavy (non-hydrogen) atoms. The van der Waals surface area contributed by atoms with Crippen molar-refractivity contribution in [1.82, 2.24) is 15.1 Å². The number of piperidine rings is 1. The minimum atomic E-state index is -0.477. The molecule has 3 amide bonds. The highest BCUT2D eigenvalue weighted by molar-refractivity contribution is 5.88. The Balaban J connectivity index is 2.01. The Kier molecular flexibility index (Phi) is 8.77. The molecule has 0 spiro atoms. The number of likely N-dealkylation sites (N-methyl/N-ethyl adjacent to an activating group) is 1. The van der Waals surface area contributed by atoms with Gasteiger partial charge in [0.1, 0.15) is 6.04 Å². The highest BCUT2D eigenvalue weighted by Crippen LogP contribution is 2.29. The first-order chi connectivity index (χ1) is 13.4. The van der Waals surface area contributed by atoms with Crippen molar-refractivity contribution < 1.29 is 14.4 Å². The largest absolute Gasteiger partial charge is 0.344 e. The first kappa shape index (κ1) is 22.7. The van der Waals surface area contributed by atoms with E-state index in [4.69, 9.17) is 0 Å². The molecule has 2 aliphatic rings. The van der Waals surface area contributed by atoms with E-state index < -0.39 is 6.04 Å². The third-order valence-electron chi connectivity index (χ3n) is 6.28. The first-order valence-corrected chi connectivity index (χ1v) is 11.2. The average Bonchev–Trinajstić information content (AvgIpc) is 3.21. The molecule has 1 aliphatic heterocycles. The van der Waals surface area contributed by atoms with Crippen LogP contribution in [-0.4, -0.2) is 59.7 Å². The highest BCUT2D eigenvalue weighted by Gasteiger charge is 2.36. The van der Waals surface area contributed by atoms with Gasteiger partial charge in [-0.2, -0.15) is 0 Å². The van der Waals surface area contributed by atoms with Crippen molar-refractivity contribution >= 4 is 17.7 Å². The summed E-state index contributed by atoms with van der Waals surface area (Å²) in [4.78, 5) is 42.0. The van der Waals surface area contributed by atoms with E-state index in [1.807, 2.05) is 32.6 Å². The van der Waals surface area contributed by atoms with Gasteiger partial charge in [0.05, 0.1) is 0 Å². The number of likely N-dealkylation sites (tertiary alicyclic amines) is 1. The Morgan fingerprint density at radius 2 is 1.57 bits per heavy atom. The Labute approximate surface area is 170 Å². The van der Waals surface area contributed by atoms with Crippen LogP contribution in [0.2, 0.25) is 0 Å². The smallest absolute Gasteiger partial charge is 0.245 e. The number of amides is 3. The fourth-order valence-electron chi connectivity index (χ4n) is 4.60. The standard InChI is InChI=1S/C22H39N3O3/c1-5-24(6-2)22(28)20(23-19(26)15-16(3)4)17-11-13-25(14-12-17)21(27)18-9-7-8-10-18/h16-18,20H,5-15H2,1-4H3,(H,23,26). The van der Waals surface area contributed by atoms with E-state index in [-0.39, 0.29) is 29.6 Å². The Bertz CT molecular complexity index is 531. The summed E-state index contributed by atoms with van der Waals surface area (Å²) >= 11 is 0. The fourth-order valence-corrected chi connectivity index (χ4v) is 4.60. The maximum atomic E-state index is 13.1. The Morgan fingerprint density at radius 3 is 2.07 bits per heavy atom. The van der Waals surface area contributed by atoms with Crippen LogP contribution in [0, 0.1) is 17.8 Å². The third kappa shape index (κ3) is 5.95. The summed E-state index contributed by atoms with van der Waals surface area (Å²) in [6.45, 7) is 10.6. The summed E-state index contributed by atoms with van der Waals surface area (Å²) in [7, 11) is 0. The van der Waals surface area contributed by atoms with E-state index in [2.05, 4.69) is 5.32 Å². The van der Waals surface area contributed by atoms with Crippen molar-refractivity contribution in [3.8, 4) is 0 Å². The molecule has 1 N–H and O–H groups in total. The number of nitrogens with zero attached hydrogens (tertiary/aromatic N) is 2. The number of hydrogen-bond donors (Lipinski definition) is 1. The van der Waals surface area contributed by atoms with Gasteiger partial charge in [0.25, 0.3) is 0 Å². The zero-order valence-electron chi connectivity index (χ0n) is 18.2. The summed E-state index contributed by atoms with van der Waals surface area (Å²) in [5.41, 5.74) is 0. The van der Waals surface area contributed by atoms with Gasteiger partial charge in [-0.25, -0.2) is 0 Å². The van der Waals surface area contributed by atoms with Gasteiger partial charge in [-0.3, -0.25) is 14.4 Å². The molecule has 1 atom stereocenters. The number of carbonyl (C=O) groups excluding carboxylic acids is 3. The molecule has 0 radical (unpaired) electrons. The van der Waals surface area contributed by atoms with Crippen molar-refractivity contribution in [3.63, 3.8) is 0 Å². The lowest BCUT2D eigenvalue weighted by molar-refractivity contribution is -0.140. The molecule has 1 saturated heterocycles. The summed E-state index contributed by atoms with van der Waals surface area (Å²) < 4.78 is 0. The van der Waals surface area contributed by atoms with Crippen LogP contribution in [0.4, 0.5) is 0 Å². The summed E-state index contributed by atoms with van der Waals surface area (Å²) in [6.07, 6.45) is 6.35. The lowest BCUT2D eigenvalue weighted by Crippen LogP contribution is -2.55. The molecule has 0 bridgehead atoms. The van der Waals surface area contributed by atoms with E-state index >= 15 is 0 Å². The second kappa shape index (κ2) is 10.8. The molecule has 2 fully saturated rings. The van der Waals surface area contributed by atoms with Crippen molar-refractivity contribution in [3.05, 3.63) is 0 Å². The first-order valence-electron chi connectivity index (χ1n) is 11.2.